The van der Waals surface area contributed by atoms with E-state index in [0.717, 1.165) is 69.2 Å². The summed E-state index contributed by atoms with van der Waals surface area (Å²) in [5, 5.41) is 1.83. The van der Waals surface area contributed by atoms with Crippen LogP contribution in [0.15, 0.2) is 50.2 Å². The summed E-state index contributed by atoms with van der Waals surface area (Å²) in [6.45, 7) is 6.43. The smallest absolute Gasteiger partial charge is 0.340 e. The zero-order valence-electron chi connectivity index (χ0n) is 20.1. The van der Waals surface area contributed by atoms with Crippen LogP contribution in [0.3, 0.4) is 0 Å². The monoisotopic (exact) mass is 469 g/mol. The maximum absolute atomic E-state index is 13.6. The van der Waals surface area contributed by atoms with Crippen molar-refractivity contribution in [1.29, 1.82) is 0 Å². The highest BCUT2D eigenvalue weighted by Crippen LogP contribution is 2.34. The first-order valence-electron chi connectivity index (χ1n) is 12.1. The molecule has 0 unspecified atom stereocenters. The van der Waals surface area contributed by atoms with Gasteiger partial charge in [-0.05, 0) is 69.4 Å². The molecule has 0 saturated carbocycles. The first kappa shape index (κ1) is 21.6. The number of carbonyl (C=O) groups excluding carboxylic acids is 1. The molecule has 1 fully saturated rings. The Morgan fingerprint density at radius 3 is 2.77 bits per heavy atom. The molecule has 178 valence electrons. The van der Waals surface area contributed by atoms with Gasteiger partial charge in [0.1, 0.15) is 17.0 Å². The van der Waals surface area contributed by atoms with Gasteiger partial charge in [0.25, 0.3) is 0 Å². The van der Waals surface area contributed by atoms with Crippen LogP contribution in [-0.2, 0) is 11.2 Å². The summed E-state index contributed by atoms with van der Waals surface area (Å²) in [5.74, 6) is 0.720. The number of H-pyrrole nitrogens is 1. The molecule has 1 aliphatic heterocycles. The minimum Gasteiger partial charge on any atom is -0.464 e. The minimum atomic E-state index is -0.466. The van der Waals surface area contributed by atoms with Crippen LogP contribution in [0.4, 0.5) is 0 Å². The number of nitrogens with zero attached hydrogens (tertiary/aromatic N) is 2. The highest BCUT2D eigenvalue weighted by Gasteiger charge is 2.31. The fraction of sp³-hybridized carbons (Fsp3) is 0.321. The zero-order chi connectivity index (χ0) is 24.3. The molecule has 1 amide bonds. The van der Waals surface area contributed by atoms with E-state index in [9.17, 15) is 9.59 Å². The Bertz CT molecular complexity index is 1640. The van der Waals surface area contributed by atoms with Crippen LogP contribution in [0, 0.1) is 20.8 Å². The SMILES string of the molecule is Cc1coc2c(C)c3oc(=O)c(CC(=O)N4CCCC[C@H]4c4nc5ccccc5[nH]4)c(C)c3cc12. The molecule has 1 N–H and O–H groups in total. The predicted octanol–water partition coefficient (Wildman–Crippen LogP) is 5.64. The van der Waals surface area contributed by atoms with Crippen LogP contribution in [0.25, 0.3) is 33.0 Å². The highest BCUT2D eigenvalue weighted by atomic mass is 16.4. The standard InChI is InChI=1S/C28H27N3O4/c1-15-14-34-25-17(3)26-19(12-18(15)25)16(2)20(28(33)35-26)13-24(32)31-11-7-6-10-23(31)27-29-21-8-4-5-9-22(21)30-27/h4-5,8-9,12,14,23H,6-7,10-11,13H2,1-3H3,(H,29,30)/t23-/m0/s1. The number of piperidine rings is 1. The van der Waals surface area contributed by atoms with E-state index in [2.05, 4.69) is 4.98 Å². The summed E-state index contributed by atoms with van der Waals surface area (Å²) in [6.07, 6.45) is 4.52. The van der Waals surface area contributed by atoms with Crippen LogP contribution in [0.2, 0.25) is 0 Å². The van der Waals surface area contributed by atoms with E-state index in [1.165, 1.54) is 0 Å². The Balaban J connectivity index is 1.38. The van der Waals surface area contributed by atoms with E-state index >= 15 is 0 Å². The molecule has 0 aliphatic carbocycles. The molecule has 0 bridgehead atoms. The first-order valence-corrected chi connectivity index (χ1v) is 12.1. The molecule has 7 nitrogen and oxygen atoms in total. The number of likely N-dealkylation sites (tertiary alicyclic amines) is 1. The third-order valence-electron chi connectivity index (χ3n) is 7.41. The largest absolute Gasteiger partial charge is 0.464 e. The lowest BCUT2D eigenvalue weighted by Crippen LogP contribution is -2.40. The maximum atomic E-state index is 13.6. The first-order chi connectivity index (χ1) is 16.9. The van der Waals surface area contributed by atoms with Gasteiger partial charge in [0.05, 0.1) is 35.3 Å². The summed E-state index contributed by atoms with van der Waals surface area (Å²) in [4.78, 5) is 36.7. The molecule has 1 atom stereocenters. The molecular formula is C28H27N3O4. The van der Waals surface area contributed by atoms with Gasteiger partial charge >= 0.3 is 5.63 Å². The van der Waals surface area contributed by atoms with Crippen molar-refractivity contribution in [2.75, 3.05) is 6.54 Å². The van der Waals surface area contributed by atoms with Gasteiger partial charge < -0.3 is 18.7 Å². The third kappa shape index (κ3) is 3.45. The molecule has 1 aliphatic rings. The van der Waals surface area contributed by atoms with E-state index in [-0.39, 0.29) is 18.4 Å². The van der Waals surface area contributed by atoms with E-state index in [4.69, 9.17) is 13.8 Å². The number of para-hydroxylation sites is 2. The second-order valence-electron chi connectivity index (χ2n) is 9.58. The van der Waals surface area contributed by atoms with Crippen molar-refractivity contribution < 1.29 is 13.6 Å². The molecule has 2 aromatic carbocycles. The number of imidazole rings is 1. The molecule has 3 aromatic heterocycles. The predicted molar refractivity (Wildman–Crippen MR) is 135 cm³/mol. The number of hydrogen-bond acceptors (Lipinski definition) is 5. The summed E-state index contributed by atoms with van der Waals surface area (Å²) >= 11 is 0. The van der Waals surface area contributed by atoms with Gasteiger partial charge in [-0.25, -0.2) is 9.78 Å². The topological polar surface area (TPSA) is 92.3 Å². The fourth-order valence-corrected chi connectivity index (χ4v) is 5.42. The Morgan fingerprint density at radius 2 is 1.94 bits per heavy atom. The molecular weight excluding hydrogens is 442 g/mol. The number of furan rings is 1. The van der Waals surface area contributed by atoms with Gasteiger partial charge in [-0.2, -0.15) is 0 Å². The number of hydrogen-bond donors (Lipinski definition) is 1. The van der Waals surface area contributed by atoms with Gasteiger partial charge in [0.2, 0.25) is 5.91 Å². The molecule has 7 heteroatoms. The third-order valence-corrected chi connectivity index (χ3v) is 7.41. The molecule has 6 rings (SSSR count). The summed E-state index contributed by atoms with van der Waals surface area (Å²) < 4.78 is 11.4. The lowest BCUT2D eigenvalue weighted by molar-refractivity contribution is -0.134. The van der Waals surface area contributed by atoms with Crippen LogP contribution >= 0.6 is 0 Å². The minimum absolute atomic E-state index is 0.00227. The average molecular weight is 470 g/mol. The Labute approximate surface area is 201 Å². The Morgan fingerprint density at radius 1 is 1.11 bits per heavy atom. The lowest BCUT2D eigenvalue weighted by Gasteiger charge is -2.34. The van der Waals surface area contributed by atoms with Gasteiger partial charge in [-0.1, -0.05) is 12.1 Å². The van der Waals surface area contributed by atoms with Crippen LogP contribution in [0.1, 0.15) is 53.4 Å². The van der Waals surface area contributed by atoms with Crippen LogP contribution in [-0.4, -0.2) is 27.3 Å². The fourth-order valence-electron chi connectivity index (χ4n) is 5.42. The van der Waals surface area contributed by atoms with Crippen molar-refractivity contribution in [2.24, 2.45) is 0 Å². The molecule has 0 spiro atoms. The Hall–Kier alpha value is -3.87. The van der Waals surface area contributed by atoms with Gasteiger partial charge in [-0.15, -0.1) is 0 Å². The maximum Gasteiger partial charge on any atom is 0.340 e. The number of carbonyl (C=O) groups is 1. The van der Waals surface area contributed by atoms with Crippen molar-refractivity contribution in [3.05, 3.63) is 75.1 Å². The number of aromatic amines is 1. The van der Waals surface area contributed by atoms with Gasteiger partial charge in [-0.3, -0.25) is 4.79 Å². The summed E-state index contributed by atoms with van der Waals surface area (Å²) in [5.41, 5.74) is 5.65. The number of benzene rings is 2. The highest BCUT2D eigenvalue weighted by molar-refractivity contribution is 6.00. The van der Waals surface area contributed by atoms with Crippen molar-refractivity contribution in [1.82, 2.24) is 14.9 Å². The van der Waals surface area contributed by atoms with Crippen molar-refractivity contribution in [3.8, 4) is 0 Å². The van der Waals surface area contributed by atoms with Gasteiger partial charge in [0.15, 0.2) is 0 Å². The summed E-state index contributed by atoms with van der Waals surface area (Å²) in [7, 11) is 0. The van der Waals surface area contributed by atoms with E-state index in [1.54, 1.807) is 6.26 Å². The second kappa shape index (κ2) is 8.12. The summed E-state index contributed by atoms with van der Waals surface area (Å²) in [6, 6.07) is 9.75. The quantitative estimate of drug-likeness (QED) is 0.345. The van der Waals surface area contributed by atoms with Crippen LogP contribution in [0.5, 0.6) is 0 Å². The molecule has 4 heterocycles. The van der Waals surface area contributed by atoms with Crippen molar-refractivity contribution in [3.63, 3.8) is 0 Å². The average Bonchev–Trinajstić information content (AvgIpc) is 3.46. The number of nitrogens with one attached hydrogen (secondary N) is 1. The van der Waals surface area contributed by atoms with Crippen molar-refractivity contribution in [2.45, 2.75) is 52.5 Å². The number of amides is 1. The number of fused-ring (bicyclic) bond motifs is 3. The Kier molecular flexibility index (Phi) is 5.02. The number of aryl methyl sites for hydroxylation is 3. The van der Waals surface area contributed by atoms with Crippen LogP contribution < -0.4 is 5.63 Å². The molecule has 0 radical (unpaired) electrons. The second-order valence-corrected chi connectivity index (χ2v) is 9.58. The molecule has 1 saturated heterocycles. The van der Waals surface area contributed by atoms with Crippen molar-refractivity contribution >= 4 is 38.9 Å². The lowest BCUT2D eigenvalue weighted by atomic mass is 9.97. The van der Waals surface area contributed by atoms with E-state index < -0.39 is 5.63 Å². The molecule has 35 heavy (non-hydrogen) atoms. The number of rotatable bonds is 3. The number of aromatic nitrogens is 2. The van der Waals surface area contributed by atoms with E-state index in [1.807, 2.05) is 56.0 Å². The zero-order valence-corrected chi connectivity index (χ0v) is 20.1. The normalized spacial score (nSPS) is 16.5. The molecule has 5 aromatic rings. The van der Waals surface area contributed by atoms with Gasteiger partial charge in [0, 0.05) is 22.9 Å². The van der Waals surface area contributed by atoms with E-state index in [0.29, 0.717) is 17.7 Å².